The van der Waals surface area contributed by atoms with Gasteiger partial charge in [-0.05, 0) is 25.0 Å². The zero-order chi connectivity index (χ0) is 16.5. The molecule has 2 unspecified atom stereocenters. The van der Waals surface area contributed by atoms with Gasteiger partial charge in [0.2, 0.25) is 5.91 Å². The van der Waals surface area contributed by atoms with Crippen molar-refractivity contribution in [1.82, 2.24) is 10.2 Å². The van der Waals surface area contributed by atoms with Crippen molar-refractivity contribution < 1.29 is 14.7 Å². The summed E-state index contributed by atoms with van der Waals surface area (Å²) in [5, 5.41) is 11.9. The Bertz CT molecular complexity index is 476. The lowest BCUT2D eigenvalue weighted by Crippen LogP contribution is -2.52. The highest BCUT2D eigenvalue weighted by molar-refractivity contribution is 5.97. The summed E-state index contributed by atoms with van der Waals surface area (Å²) in [5.41, 5.74) is 0.536. The predicted molar refractivity (Wildman–Crippen MR) is 86.5 cm³/mol. The van der Waals surface area contributed by atoms with E-state index in [-0.39, 0.29) is 30.9 Å². The first-order chi connectivity index (χ1) is 10.5. The molecule has 22 heavy (non-hydrogen) atoms. The van der Waals surface area contributed by atoms with Crippen LogP contribution in [0.5, 0.6) is 0 Å². The second kappa shape index (κ2) is 9.20. The minimum Gasteiger partial charge on any atom is -0.395 e. The Morgan fingerprint density at radius 2 is 1.86 bits per heavy atom. The number of aliphatic hydroxyl groups is 1. The molecule has 0 bridgehead atoms. The highest BCUT2D eigenvalue weighted by Crippen LogP contribution is 2.12. The number of nitrogens with one attached hydrogen (secondary N) is 1. The van der Waals surface area contributed by atoms with Crippen LogP contribution in [0.1, 0.15) is 37.6 Å². The smallest absolute Gasteiger partial charge is 0.251 e. The molecule has 2 amide bonds. The third-order valence-electron chi connectivity index (χ3n) is 3.86. The van der Waals surface area contributed by atoms with Crippen LogP contribution in [0.3, 0.4) is 0 Å². The topological polar surface area (TPSA) is 69.6 Å². The van der Waals surface area contributed by atoms with Gasteiger partial charge in [0.05, 0.1) is 6.61 Å². The number of aliphatic hydroxyl groups excluding tert-OH is 1. The molecule has 122 valence electrons. The van der Waals surface area contributed by atoms with E-state index < -0.39 is 6.04 Å². The first-order valence-corrected chi connectivity index (χ1v) is 7.80. The summed E-state index contributed by atoms with van der Waals surface area (Å²) in [5.74, 6) is -0.373. The van der Waals surface area contributed by atoms with Gasteiger partial charge in [-0.25, -0.2) is 0 Å². The van der Waals surface area contributed by atoms with Crippen LogP contribution in [0.2, 0.25) is 0 Å². The van der Waals surface area contributed by atoms with Gasteiger partial charge in [0.15, 0.2) is 0 Å². The lowest BCUT2D eigenvalue weighted by atomic mass is 9.97. The highest BCUT2D eigenvalue weighted by atomic mass is 16.3. The number of amides is 2. The van der Waals surface area contributed by atoms with E-state index in [1.165, 1.54) is 0 Å². The molecule has 2 atom stereocenters. The van der Waals surface area contributed by atoms with E-state index in [0.29, 0.717) is 12.1 Å². The lowest BCUT2D eigenvalue weighted by Gasteiger charge is -2.29. The van der Waals surface area contributed by atoms with Crippen LogP contribution in [0, 0.1) is 5.92 Å². The van der Waals surface area contributed by atoms with Crippen LogP contribution in [0.4, 0.5) is 0 Å². The molecule has 0 saturated heterocycles. The summed E-state index contributed by atoms with van der Waals surface area (Å²) in [7, 11) is 0. The average molecular weight is 306 g/mol. The van der Waals surface area contributed by atoms with Crippen LogP contribution in [-0.2, 0) is 4.79 Å². The van der Waals surface area contributed by atoms with E-state index in [9.17, 15) is 9.59 Å². The number of carbonyl (C=O) groups excluding carboxylic acids is 2. The van der Waals surface area contributed by atoms with E-state index in [0.717, 1.165) is 6.42 Å². The first kappa shape index (κ1) is 18.2. The zero-order valence-electron chi connectivity index (χ0n) is 13.6. The van der Waals surface area contributed by atoms with Gasteiger partial charge >= 0.3 is 0 Å². The second-order valence-corrected chi connectivity index (χ2v) is 5.34. The molecule has 1 aromatic rings. The molecule has 0 heterocycles. The molecule has 0 spiro atoms. The molecule has 0 aliphatic rings. The van der Waals surface area contributed by atoms with E-state index in [1.807, 2.05) is 26.8 Å². The van der Waals surface area contributed by atoms with Gasteiger partial charge in [-0.15, -0.1) is 0 Å². The minimum atomic E-state index is -0.579. The van der Waals surface area contributed by atoms with Crippen molar-refractivity contribution in [1.29, 1.82) is 0 Å². The Morgan fingerprint density at radius 1 is 1.23 bits per heavy atom. The van der Waals surface area contributed by atoms with Gasteiger partial charge in [0, 0.05) is 18.7 Å². The van der Waals surface area contributed by atoms with Crippen molar-refractivity contribution in [2.45, 2.75) is 33.2 Å². The van der Waals surface area contributed by atoms with Gasteiger partial charge in [0.25, 0.3) is 5.91 Å². The molecule has 5 heteroatoms. The van der Waals surface area contributed by atoms with E-state index in [1.54, 1.807) is 29.2 Å². The Morgan fingerprint density at radius 3 is 2.36 bits per heavy atom. The van der Waals surface area contributed by atoms with Crippen LogP contribution >= 0.6 is 0 Å². The van der Waals surface area contributed by atoms with Gasteiger partial charge in [-0.2, -0.15) is 0 Å². The third kappa shape index (κ3) is 4.84. The van der Waals surface area contributed by atoms with Crippen LogP contribution in [0.25, 0.3) is 0 Å². The monoisotopic (exact) mass is 306 g/mol. The van der Waals surface area contributed by atoms with E-state index in [4.69, 9.17) is 5.11 Å². The lowest BCUT2D eigenvalue weighted by molar-refractivity contribution is -0.134. The molecule has 0 radical (unpaired) electrons. The zero-order valence-corrected chi connectivity index (χ0v) is 13.6. The second-order valence-electron chi connectivity index (χ2n) is 5.34. The van der Waals surface area contributed by atoms with Crippen LogP contribution < -0.4 is 5.32 Å². The van der Waals surface area contributed by atoms with Crippen molar-refractivity contribution >= 4 is 11.8 Å². The maximum atomic E-state index is 12.6. The number of benzene rings is 1. The van der Waals surface area contributed by atoms with Gasteiger partial charge < -0.3 is 15.3 Å². The molecule has 5 nitrogen and oxygen atoms in total. The Kier molecular flexibility index (Phi) is 7.60. The van der Waals surface area contributed by atoms with E-state index >= 15 is 0 Å². The Hall–Kier alpha value is -1.88. The first-order valence-electron chi connectivity index (χ1n) is 7.80. The summed E-state index contributed by atoms with van der Waals surface area (Å²) >= 11 is 0. The molecule has 0 aromatic heterocycles. The standard InChI is InChI=1S/C17H26N2O3/c1-4-13(3)15(17(22)19(5-2)11-12-20)18-16(21)14-9-7-6-8-10-14/h6-10,13,15,20H,4-5,11-12H2,1-3H3,(H,18,21). The summed E-state index contributed by atoms with van der Waals surface area (Å²) in [6.45, 7) is 6.50. The highest BCUT2D eigenvalue weighted by Gasteiger charge is 2.29. The number of hydrogen-bond acceptors (Lipinski definition) is 3. The summed E-state index contributed by atoms with van der Waals surface area (Å²) in [6, 6.07) is 8.29. The minimum absolute atomic E-state index is 0.0212. The third-order valence-corrected chi connectivity index (χ3v) is 3.86. The molecule has 0 aliphatic carbocycles. The van der Waals surface area contributed by atoms with Gasteiger partial charge in [-0.1, -0.05) is 38.5 Å². The van der Waals surface area contributed by atoms with Gasteiger partial charge in [0.1, 0.15) is 6.04 Å². The van der Waals surface area contributed by atoms with Gasteiger partial charge in [-0.3, -0.25) is 9.59 Å². The largest absolute Gasteiger partial charge is 0.395 e. The molecule has 0 aliphatic heterocycles. The quantitative estimate of drug-likeness (QED) is 0.767. The molecule has 0 fully saturated rings. The summed E-state index contributed by atoms with van der Waals surface area (Å²) in [6.07, 6.45) is 0.780. The number of hydrogen-bond donors (Lipinski definition) is 2. The van der Waals surface area contributed by atoms with Crippen molar-refractivity contribution in [3.63, 3.8) is 0 Å². The molecule has 2 N–H and O–H groups in total. The maximum absolute atomic E-state index is 12.6. The van der Waals surface area contributed by atoms with Crippen molar-refractivity contribution in [2.24, 2.45) is 5.92 Å². The Labute approximate surface area is 132 Å². The predicted octanol–water partition coefficient (Wildman–Crippen LogP) is 1.67. The van der Waals surface area contributed by atoms with Crippen LogP contribution in [0.15, 0.2) is 30.3 Å². The molecule has 1 rings (SSSR count). The SMILES string of the molecule is CCC(C)C(NC(=O)c1ccccc1)C(=O)N(CC)CCO. The molecular weight excluding hydrogens is 280 g/mol. The fourth-order valence-electron chi connectivity index (χ4n) is 2.24. The average Bonchev–Trinajstić information content (AvgIpc) is 2.56. The molecule has 0 saturated carbocycles. The maximum Gasteiger partial charge on any atom is 0.251 e. The number of likely N-dealkylation sites (N-methyl/N-ethyl adjacent to an activating group) is 1. The number of nitrogens with zero attached hydrogens (tertiary/aromatic N) is 1. The molecule has 1 aromatic carbocycles. The van der Waals surface area contributed by atoms with Crippen molar-refractivity contribution in [3.8, 4) is 0 Å². The normalized spacial score (nSPS) is 13.3. The van der Waals surface area contributed by atoms with Crippen LogP contribution in [-0.4, -0.2) is 47.6 Å². The Balaban J connectivity index is 2.89. The number of rotatable bonds is 8. The van der Waals surface area contributed by atoms with E-state index in [2.05, 4.69) is 5.32 Å². The summed E-state index contributed by atoms with van der Waals surface area (Å²) < 4.78 is 0. The van der Waals surface area contributed by atoms with Crippen molar-refractivity contribution in [3.05, 3.63) is 35.9 Å². The molecular formula is C17H26N2O3. The van der Waals surface area contributed by atoms with Crippen molar-refractivity contribution in [2.75, 3.05) is 19.7 Å². The summed E-state index contributed by atoms with van der Waals surface area (Å²) in [4.78, 5) is 26.5. The fourth-order valence-corrected chi connectivity index (χ4v) is 2.24. The number of carbonyl (C=O) groups is 2. The fraction of sp³-hybridized carbons (Fsp3) is 0.529.